The second-order valence-corrected chi connectivity index (χ2v) is 2.81. The topological polar surface area (TPSA) is 46.2 Å². The summed E-state index contributed by atoms with van der Waals surface area (Å²) >= 11 is 0. The Kier molecular flexibility index (Phi) is 2.51. The van der Waals surface area contributed by atoms with Crippen LogP contribution in [0, 0.1) is 0 Å². The first-order chi connectivity index (χ1) is 5.65. The van der Waals surface area contributed by atoms with Gasteiger partial charge in [0.2, 0.25) is 0 Å². The van der Waals surface area contributed by atoms with E-state index in [0.717, 1.165) is 11.1 Å². The lowest BCUT2D eigenvalue weighted by Crippen LogP contribution is -2.05. The summed E-state index contributed by atoms with van der Waals surface area (Å²) < 4.78 is 0. The van der Waals surface area contributed by atoms with E-state index in [1.54, 1.807) is 18.2 Å². The zero-order chi connectivity index (χ0) is 9.14. The van der Waals surface area contributed by atoms with E-state index in [1.807, 2.05) is 13.0 Å². The molecule has 0 aromatic heterocycles. The summed E-state index contributed by atoms with van der Waals surface area (Å²) in [4.78, 5) is 0. The molecular weight excluding hydrogens is 150 g/mol. The summed E-state index contributed by atoms with van der Waals surface area (Å²) in [5, 5.41) is 9.39. The van der Waals surface area contributed by atoms with Crippen LogP contribution in [0.1, 0.15) is 24.1 Å². The van der Waals surface area contributed by atoms with E-state index in [2.05, 4.69) is 6.58 Å². The van der Waals surface area contributed by atoms with Gasteiger partial charge in [0.15, 0.2) is 0 Å². The van der Waals surface area contributed by atoms with Gasteiger partial charge in [-0.2, -0.15) is 0 Å². The molecule has 3 N–H and O–H groups in total. The second-order valence-electron chi connectivity index (χ2n) is 2.81. The van der Waals surface area contributed by atoms with Gasteiger partial charge in [0.25, 0.3) is 0 Å². The van der Waals surface area contributed by atoms with Gasteiger partial charge in [-0.15, -0.1) is 0 Å². The van der Waals surface area contributed by atoms with Crippen molar-refractivity contribution in [3.05, 3.63) is 35.9 Å². The standard InChI is InChI=1S/C10H13NO/c1-3-8-4-5-10(12)9(6-8)7(2)11/h3-7,12H,1,11H2,2H3/t7-/m0/s1. The van der Waals surface area contributed by atoms with Gasteiger partial charge in [-0.1, -0.05) is 18.7 Å². The van der Waals surface area contributed by atoms with Crippen molar-refractivity contribution in [2.24, 2.45) is 5.73 Å². The number of hydrogen-bond donors (Lipinski definition) is 2. The average Bonchev–Trinajstić information content (AvgIpc) is 2.05. The lowest BCUT2D eigenvalue weighted by Gasteiger charge is -2.08. The zero-order valence-electron chi connectivity index (χ0n) is 7.12. The molecule has 0 aliphatic rings. The summed E-state index contributed by atoms with van der Waals surface area (Å²) in [5.41, 5.74) is 7.37. The van der Waals surface area contributed by atoms with E-state index < -0.39 is 0 Å². The Hall–Kier alpha value is -1.28. The van der Waals surface area contributed by atoms with Crippen LogP contribution >= 0.6 is 0 Å². The second kappa shape index (κ2) is 3.41. The molecule has 12 heavy (non-hydrogen) atoms. The molecule has 1 aromatic carbocycles. The molecule has 0 unspecified atom stereocenters. The van der Waals surface area contributed by atoms with Gasteiger partial charge in [0.05, 0.1) is 0 Å². The maximum Gasteiger partial charge on any atom is 0.120 e. The predicted octanol–water partition coefficient (Wildman–Crippen LogP) is 2.05. The van der Waals surface area contributed by atoms with Crippen LogP contribution in [0.3, 0.4) is 0 Å². The number of nitrogens with two attached hydrogens (primary N) is 1. The Balaban J connectivity index is 3.16. The third-order valence-corrected chi connectivity index (χ3v) is 1.78. The lowest BCUT2D eigenvalue weighted by molar-refractivity contribution is 0.464. The average molecular weight is 163 g/mol. The van der Waals surface area contributed by atoms with Crippen LogP contribution in [-0.2, 0) is 0 Å². The first-order valence-electron chi connectivity index (χ1n) is 3.86. The highest BCUT2D eigenvalue weighted by molar-refractivity contribution is 5.51. The first kappa shape index (κ1) is 8.81. The molecule has 0 aliphatic heterocycles. The van der Waals surface area contributed by atoms with Crippen molar-refractivity contribution in [2.75, 3.05) is 0 Å². The molecule has 2 nitrogen and oxygen atoms in total. The third kappa shape index (κ3) is 1.66. The molecule has 0 radical (unpaired) electrons. The SMILES string of the molecule is C=Cc1ccc(O)c([C@H](C)N)c1. The lowest BCUT2D eigenvalue weighted by atomic mass is 10.0. The van der Waals surface area contributed by atoms with Gasteiger partial charge in [-0.25, -0.2) is 0 Å². The molecule has 0 aliphatic carbocycles. The van der Waals surface area contributed by atoms with E-state index >= 15 is 0 Å². The van der Waals surface area contributed by atoms with Crippen molar-refractivity contribution in [2.45, 2.75) is 13.0 Å². The first-order valence-corrected chi connectivity index (χ1v) is 3.86. The highest BCUT2D eigenvalue weighted by Crippen LogP contribution is 2.23. The smallest absolute Gasteiger partial charge is 0.120 e. The summed E-state index contributed by atoms with van der Waals surface area (Å²) in [5.74, 6) is 0.246. The molecule has 0 fully saturated rings. The van der Waals surface area contributed by atoms with Crippen molar-refractivity contribution < 1.29 is 5.11 Å². The fraction of sp³-hybridized carbons (Fsp3) is 0.200. The molecule has 1 aromatic rings. The van der Waals surface area contributed by atoms with Gasteiger partial charge in [-0.05, 0) is 24.6 Å². The van der Waals surface area contributed by atoms with Crippen LogP contribution in [0.2, 0.25) is 0 Å². The van der Waals surface area contributed by atoms with Crippen LogP contribution in [0.15, 0.2) is 24.8 Å². The van der Waals surface area contributed by atoms with Gasteiger partial charge >= 0.3 is 0 Å². The molecular formula is C10H13NO. The van der Waals surface area contributed by atoms with E-state index in [0.29, 0.717) is 0 Å². The fourth-order valence-corrected chi connectivity index (χ4v) is 1.06. The van der Waals surface area contributed by atoms with E-state index in [9.17, 15) is 5.11 Å². The Morgan fingerprint density at radius 1 is 1.58 bits per heavy atom. The number of phenolic OH excluding ortho intramolecular Hbond substituents is 1. The predicted molar refractivity (Wildman–Crippen MR) is 50.8 cm³/mol. The monoisotopic (exact) mass is 163 g/mol. The van der Waals surface area contributed by atoms with Crippen LogP contribution < -0.4 is 5.73 Å². The fourth-order valence-electron chi connectivity index (χ4n) is 1.06. The van der Waals surface area contributed by atoms with Crippen molar-refractivity contribution >= 4 is 6.08 Å². The molecule has 1 rings (SSSR count). The molecule has 0 amide bonds. The highest BCUT2D eigenvalue weighted by Gasteiger charge is 2.05. The van der Waals surface area contributed by atoms with Crippen molar-refractivity contribution in [3.63, 3.8) is 0 Å². The molecule has 0 spiro atoms. The number of phenols is 1. The molecule has 0 heterocycles. The summed E-state index contributed by atoms with van der Waals surface area (Å²) in [7, 11) is 0. The van der Waals surface area contributed by atoms with Crippen molar-refractivity contribution in [3.8, 4) is 5.75 Å². The minimum absolute atomic E-state index is 0.148. The molecule has 0 bridgehead atoms. The Bertz CT molecular complexity index is 292. The van der Waals surface area contributed by atoms with Crippen molar-refractivity contribution in [1.82, 2.24) is 0 Å². The minimum Gasteiger partial charge on any atom is -0.508 e. The molecule has 64 valence electrons. The molecule has 1 atom stereocenters. The van der Waals surface area contributed by atoms with Gasteiger partial charge < -0.3 is 10.8 Å². The maximum atomic E-state index is 9.39. The molecule has 0 saturated heterocycles. The molecule has 2 heteroatoms. The highest BCUT2D eigenvalue weighted by atomic mass is 16.3. The summed E-state index contributed by atoms with van der Waals surface area (Å²) in [6, 6.07) is 5.13. The Morgan fingerprint density at radius 2 is 2.25 bits per heavy atom. The molecule has 0 saturated carbocycles. The Morgan fingerprint density at radius 3 is 2.75 bits per heavy atom. The number of rotatable bonds is 2. The maximum absolute atomic E-state index is 9.39. The minimum atomic E-state index is -0.148. The van der Waals surface area contributed by atoms with E-state index in [-0.39, 0.29) is 11.8 Å². The van der Waals surface area contributed by atoms with E-state index in [4.69, 9.17) is 5.73 Å². The third-order valence-electron chi connectivity index (χ3n) is 1.78. The number of hydrogen-bond acceptors (Lipinski definition) is 2. The summed E-state index contributed by atoms with van der Waals surface area (Å²) in [6.07, 6.45) is 1.73. The number of aromatic hydroxyl groups is 1. The van der Waals surface area contributed by atoms with Crippen LogP contribution in [0.25, 0.3) is 6.08 Å². The van der Waals surface area contributed by atoms with Crippen LogP contribution in [0.5, 0.6) is 5.75 Å². The normalized spacial score (nSPS) is 12.5. The van der Waals surface area contributed by atoms with E-state index in [1.165, 1.54) is 0 Å². The quantitative estimate of drug-likeness (QED) is 0.701. The summed E-state index contributed by atoms with van der Waals surface area (Å²) in [6.45, 7) is 5.47. The Labute approximate surface area is 72.3 Å². The van der Waals surface area contributed by atoms with Crippen molar-refractivity contribution in [1.29, 1.82) is 0 Å². The zero-order valence-corrected chi connectivity index (χ0v) is 7.12. The van der Waals surface area contributed by atoms with Gasteiger partial charge in [0.1, 0.15) is 5.75 Å². The van der Waals surface area contributed by atoms with Gasteiger partial charge in [0, 0.05) is 11.6 Å². The largest absolute Gasteiger partial charge is 0.508 e. The van der Waals surface area contributed by atoms with Gasteiger partial charge in [-0.3, -0.25) is 0 Å². The van der Waals surface area contributed by atoms with Crippen LogP contribution in [-0.4, -0.2) is 5.11 Å². The van der Waals surface area contributed by atoms with Crippen LogP contribution in [0.4, 0.5) is 0 Å². The number of benzene rings is 1.